The van der Waals surface area contributed by atoms with Crippen LogP contribution in [0, 0.1) is 11.8 Å². The lowest BCUT2D eigenvalue weighted by Gasteiger charge is -2.10. The summed E-state index contributed by atoms with van der Waals surface area (Å²) in [5.74, 6) is 7.10. The molecule has 19 heavy (non-hydrogen) atoms. The normalized spacial score (nSPS) is 9.58. The van der Waals surface area contributed by atoms with E-state index >= 15 is 0 Å². The topological polar surface area (TPSA) is 29.5 Å². The van der Waals surface area contributed by atoms with Gasteiger partial charge in [-0.25, -0.2) is 0 Å². The lowest BCUT2D eigenvalue weighted by molar-refractivity contribution is 0.449. The van der Waals surface area contributed by atoms with Gasteiger partial charge in [0.2, 0.25) is 0 Å². The van der Waals surface area contributed by atoms with E-state index in [0.717, 1.165) is 10.6 Å². The van der Waals surface area contributed by atoms with Crippen LogP contribution in [0.3, 0.4) is 0 Å². The molecule has 0 radical (unpaired) electrons. The highest BCUT2D eigenvalue weighted by atomic mass is 32.2. The Morgan fingerprint density at radius 3 is 2.63 bits per heavy atom. The fourth-order valence-corrected chi connectivity index (χ4v) is 2.17. The van der Waals surface area contributed by atoms with Gasteiger partial charge in [0.05, 0.1) is 5.56 Å². The molecule has 0 bridgehead atoms. The quantitative estimate of drug-likeness (QED) is 0.667. The van der Waals surface area contributed by atoms with Gasteiger partial charge < -0.3 is 9.84 Å². The molecule has 96 valence electrons. The van der Waals surface area contributed by atoms with Gasteiger partial charge >= 0.3 is 0 Å². The number of ether oxygens (including phenoxy) is 1. The van der Waals surface area contributed by atoms with E-state index in [9.17, 15) is 5.11 Å². The van der Waals surface area contributed by atoms with Gasteiger partial charge in [0.15, 0.2) is 0 Å². The van der Waals surface area contributed by atoms with Crippen LogP contribution >= 0.6 is 11.8 Å². The van der Waals surface area contributed by atoms with Crippen molar-refractivity contribution < 1.29 is 9.84 Å². The Kier molecular flexibility index (Phi) is 4.38. The molecule has 0 saturated heterocycles. The van der Waals surface area contributed by atoms with E-state index in [1.165, 1.54) is 0 Å². The van der Waals surface area contributed by atoms with Crippen molar-refractivity contribution >= 4 is 11.8 Å². The predicted molar refractivity (Wildman–Crippen MR) is 79.0 cm³/mol. The number of hydrogen-bond acceptors (Lipinski definition) is 3. The zero-order valence-electron chi connectivity index (χ0n) is 10.8. The van der Waals surface area contributed by atoms with Crippen LogP contribution in [0.4, 0.5) is 0 Å². The van der Waals surface area contributed by atoms with Crippen molar-refractivity contribution in [2.75, 3.05) is 6.26 Å². The maximum absolute atomic E-state index is 9.84. The van der Waals surface area contributed by atoms with Crippen molar-refractivity contribution in [2.45, 2.75) is 11.8 Å². The first-order valence-corrected chi connectivity index (χ1v) is 7.03. The summed E-state index contributed by atoms with van der Waals surface area (Å²) in [5, 5.41) is 9.84. The van der Waals surface area contributed by atoms with Crippen LogP contribution in [-0.2, 0) is 0 Å². The molecule has 3 heteroatoms. The third kappa shape index (κ3) is 3.24. The number of hydrogen-bond donors (Lipinski definition) is 1. The fourth-order valence-electron chi connectivity index (χ4n) is 1.65. The minimum atomic E-state index is 0.133. The second-order valence-electron chi connectivity index (χ2n) is 3.81. The molecule has 0 fully saturated rings. The number of phenolic OH excluding ortho intramolecular Hbond substituents is 1. The fraction of sp³-hybridized carbons (Fsp3) is 0.125. The van der Waals surface area contributed by atoms with Crippen molar-refractivity contribution in [3.05, 3.63) is 48.0 Å². The molecule has 0 aliphatic heterocycles. The molecule has 2 nitrogen and oxygen atoms in total. The van der Waals surface area contributed by atoms with Gasteiger partial charge in [-0.2, -0.15) is 0 Å². The van der Waals surface area contributed by atoms with Gasteiger partial charge in [-0.1, -0.05) is 18.1 Å². The SMILES string of the molecule is CC#Cc1ccc(Oc2ccccc2SC)cc1O. The smallest absolute Gasteiger partial charge is 0.140 e. The number of rotatable bonds is 3. The maximum atomic E-state index is 9.84. The summed E-state index contributed by atoms with van der Waals surface area (Å²) in [7, 11) is 0. The second kappa shape index (κ2) is 6.21. The lowest BCUT2D eigenvalue weighted by Crippen LogP contribution is -1.87. The first kappa shape index (κ1) is 13.4. The average molecular weight is 270 g/mol. The van der Waals surface area contributed by atoms with Gasteiger partial charge in [-0.15, -0.1) is 17.7 Å². The Hall–Kier alpha value is -2.05. The molecule has 2 rings (SSSR count). The van der Waals surface area contributed by atoms with Crippen molar-refractivity contribution in [3.63, 3.8) is 0 Å². The van der Waals surface area contributed by atoms with E-state index < -0.39 is 0 Å². The van der Waals surface area contributed by atoms with E-state index in [1.807, 2.05) is 30.5 Å². The third-order valence-electron chi connectivity index (χ3n) is 2.53. The number of thioether (sulfide) groups is 1. The Balaban J connectivity index is 2.28. The highest BCUT2D eigenvalue weighted by Gasteiger charge is 2.05. The zero-order valence-corrected chi connectivity index (χ0v) is 11.6. The van der Waals surface area contributed by atoms with Gasteiger partial charge in [-0.05, 0) is 37.4 Å². The Morgan fingerprint density at radius 2 is 1.95 bits per heavy atom. The average Bonchev–Trinajstić information content (AvgIpc) is 2.43. The van der Waals surface area contributed by atoms with Crippen LogP contribution < -0.4 is 4.74 Å². The third-order valence-corrected chi connectivity index (χ3v) is 3.30. The highest BCUT2D eigenvalue weighted by molar-refractivity contribution is 7.98. The first-order valence-electron chi connectivity index (χ1n) is 5.81. The second-order valence-corrected chi connectivity index (χ2v) is 4.65. The van der Waals surface area contributed by atoms with Crippen LogP contribution in [0.2, 0.25) is 0 Å². The molecule has 0 atom stereocenters. The summed E-state index contributed by atoms with van der Waals surface area (Å²) >= 11 is 1.62. The molecule has 0 aromatic heterocycles. The van der Waals surface area contributed by atoms with Gasteiger partial charge in [0, 0.05) is 11.0 Å². The molecular weight excluding hydrogens is 256 g/mol. The number of aromatic hydroxyl groups is 1. The summed E-state index contributed by atoms with van der Waals surface area (Å²) in [6, 6.07) is 12.9. The van der Waals surface area contributed by atoms with Crippen molar-refractivity contribution in [3.8, 4) is 29.1 Å². The minimum absolute atomic E-state index is 0.133. The van der Waals surface area contributed by atoms with Crippen LogP contribution in [0.1, 0.15) is 12.5 Å². The van der Waals surface area contributed by atoms with Crippen LogP contribution in [-0.4, -0.2) is 11.4 Å². The summed E-state index contributed by atoms with van der Waals surface area (Å²) < 4.78 is 5.79. The van der Waals surface area contributed by atoms with Gasteiger partial charge in [0.1, 0.15) is 17.2 Å². The first-order chi connectivity index (χ1) is 9.24. The standard InChI is InChI=1S/C16H14O2S/c1-3-6-12-9-10-13(11-14(12)17)18-15-7-4-5-8-16(15)19-2/h4-5,7-11,17H,1-2H3. The molecule has 2 aromatic carbocycles. The number of phenols is 1. The van der Waals surface area contributed by atoms with E-state index in [2.05, 4.69) is 11.8 Å². The van der Waals surface area contributed by atoms with E-state index in [-0.39, 0.29) is 5.75 Å². The van der Waals surface area contributed by atoms with Crippen LogP contribution in [0.5, 0.6) is 17.2 Å². The molecule has 0 spiro atoms. The van der Waals surface area contributed by atoms with Crippen LogP contribution in [0.25, 0.3) is 0 Å². The molecule has 1 N–H and O–H groups in total. The minimum Gasteiger partial charge on any atom is -0.507 e. The van der Waals surface area contributed by atoms with Gasteiger partial charge in [-0.3, -0.25) is 0 Å². The maximum Gasteiger partial charge on any atom is 0.140 e. The largest absolute Gasteiger partial charge is 0.507 e. The molecule has 0 aliphatic rings. The molecule has 0 heterocycles. The van der Waals surface area contributed by atoms with Crippen molar-refractivity contribution in [1.82, 2.24) is 0 Å². The number of benzene rings is 2. The van der Waals surface area contributed by atoms with E-state index in [4.69, 9.17) is 4.74 Å². The Labute approximate surface area is 117 Å². The zero-order chi connectivity index (χ0) is 13.7. The lowest BCUT2D eigenvalue weighted by atomic mass is 10.2. The summed E-state index contributed by atoms with van der Waals surface area (Å²) in [6.07, 6.45) is 2.00. The Morgan fingerprint density at radius 1 is 1.16 bits per heavy atom. The van der Waals surface area contributed by atoms with Crippen molar-refractivity contribution in [2.24, 2.45) is 0 Å². The van der Waals surface area contributed by atoms with Gasteiger partial charge in [0.25, 0.3) is 0 Å². The predicted octanol–water partition coefficient (Wildman–Crippen LogP) is 4.28. The summed E-state index contributed by atoms with van der Waals surface area (Å²) in [5.41, 5.74) is 0.605. The Bertz CT molecular complexity index is 639. The molecule has 2 aromatic rings. The molecular formula is C16H14O2S. The highest BCUT2D eigenvalue weighted by Crippen LogP contribution is 2.33. The number of para-hydroxylation sites is 1. The molecule has 0 aliphatic carbocycles. The van der Waals surface area contributed by atoms with E-state index in [0.29, 0.717) is 11.3 Å². The molecule has 0 amide bonds. The van der Waals surface area contributed by atoms with E-state index in [1.54, 1.807) is 36.9 Å². The monoisotopic (exact) mass is 270 g/mol. The van der Waals surface area contributed by atoms with Crippen LogP contribution in [0.15, 0.2) is 47.4 Å². The van der Waals surface area contributed by atoms with Crippen molar-refractivity contribution in [1.29, 1.82) is 0 Å². The summed E-state index contributed by atoms with van der Waals surface area (Å²) in [4.78, 5) is 1.06. The summed E-state index contributed by atoms with van der Waals surface area (Å²) in [6.45, 7) is 1.73. The molecule has 0 unspecified atom stereocenters. The molecule has 0 saturated carbocycles.